The second-order valence-electron chi connectivity index (χ2n) is 6.06. The monoisotopic (exact) mass is 380 g/mol. The van der Waals surface area contributed by atoms with Crippen LogP contribution in [0.3, 0.4) is 0 Å². The molecule has 0 fully saturated rings. The largest absolute Gasteiger partial charge is 0.355 e. The lowest BCUT2D eigenvalue weighted by atomic mass is 10.2. The molecule has 2 aromatic heterocycles. The minimum atomic E-state index is -0.0128. The number of rotatable bonds is 9. The number of hydrogen-bond donors (Lipinski definition) is 3. The molecule has 0 saturated carbocycles. The van der Waals surface area contributed by atoms with Crippen LogP contribution in [0.2, 0.25) is 0 Å². The first-order chi connectivity index (χ1) is 12.2. The molecule has 2 aromatic rings. The maximum absolute atomic E-state index is 12.4. The summed E-state index contributed by atoms with van der Waals surface area (Å²) in [6, 6.07) is 0. The van der Waals surface area contributed by atoms with Gasteiger partial charge in [0.15, 0.2) is 0 Å². The van der Waals surface area contributed by atoms with Crippen molar-refractivity contribution in [1.82, 2.24) is 20.6 Å². The van der Waals surface area contributed by atoms with Gasteiger partial charge < -0.3 is 15.6 Å². The number of amides is 1. The molecule has 1 aliphatic carbocycles. The minimum absolute atomic E-state index is 0.0128. The van der Waals surface area contributed by atoms with E-state index in [2.05, 4.69) is 20.6 Å². The third kappa shape index (κ3) is 4.62. The van der Waals surface area contributed by atoms with E-state index in [-0.39, 0.29) is 11.5 Å². The van der Waals surface area contributed by atoms with Crippen LogP contribution in [-0.4, -0.2) is 41.3 Å². The van der Waals surface area contributed by atoms with Crippen molar-refractivity contribution in [3.05, 3.63) is 26.6 Å². The van der Waals surface area contributed by atoms with Crippen LogP contribution in [0.15, 0.2) is 4.79 Å². The zero-order valence-corrected chi connectivity index (χ0v) is 16.1. The Balaban J connectivity index is 1.47. The summed E-state index contributed by atoms with van der Waals surface area (Å²) in [6.07, 6.45) is 3.70. The van der Waals surface area contributed by atoms with Gasteiger partial charge in [-0.05, 0) is 31.4 Å². The van der Waals surface area contributed by atoms with Crippen LogP contribution in [0.5, 0.6) is 0 Å². The Hall–Kier alpha value is -1.38. The Labute approximate surface area is 155 Å². The molecule has 0 atom stereocenters. The number of hydrogen-bond acceptors (Lipinski definition) is 6. The summed E-state index contributed by atoms with van der Waals surface area (Å²) in [5.74, 6) is 2.11. The number of likely N-dealkylation sites (N-methyl/N-ethyl adjacent to an activating group) is 1. The standard InChI is InChI=1S/C17H24N4O2S2/c1-2-18-7-8-19-14(22)6-9-24-10-13-20-16(23)15-11-4-3-5-12(11)25-17(15)21-13/h18H,2-10H2,1H3,(H,19,22)(H,20,21,23). The van der Waals surface area contributed by atoms with Gasteiger partial charge in [-0.15, -0.1) is 11.3 Å². The van der Waals surface area contributed by atoms with Crippen molar-refractivity contribution in [2.24, 2.45) is 0 Å². The molecule has 1 amide bonds. The molecule has 25 heavy (non-hydrogen) atoms. The predicted octanol–water partition coefficient (Wildman–Crippen LogP) is 1.82. The smallest absolute Gasteiger partial charge is 0.259 e. The first kappa shape index (κ1) is 18.4. The summed E-state index contributed by atoms with van der Waals surface area (Å²) in [5.41, 5.74) is 1.20. The van der Waals surface area contributed by atoms with E-state index in [9.17, 15) is 9.59 Å². The van der Waals surface area contributed by atoms with E-state index in [4.69, 9.17) is 0 Å². The van der Waals surface area contributed by atoms with Crippen molar-refractivity contribution in [1.29, 1.82) is 0 Å². The molecule has 0 bridgehead atoms. The van der Waals surface area contributed by atoms with Crippen molar-refractivity contribution < 1.29 is 4.79 Å². The van der Waals surface area contributed by atoms with Gasteiger partial charge in [0.2, 0.25) is 5.91 Å². The SMILES string of the molecule is CCNCCNC(=O)CCSCc1nc2sc3c(c2c(=O)[nH]1)CCC3. The van der Waals surface area contributed by atoms with Gasteiger partial charge in [0.1, 0.15) is 10.7 Å². The Morgan fingerprint density at radius 3 is 3.08 bits per heavy atom. The van der Waals surface area contributed by atoms with Gasteiger partial charge in [0, 0.05) is 30.1 Å². The highest BCUT2D eigenvalue weighted by atomic mass is 32.2. The van der Waals surface area contributed by atoms with Crippen LogP contribution >= 0.6 is 23.1 Å². The van der Waals surface area contributed by atoms with Crippen LogP contribution in [0.25, 0.3) is 10.2 Å². The highest BCUT2D eigenvalue weighted by molar-refractivity contribution is 7.98. The maximum Gasteiger partial charge on any atom is 0.259 e. The average molecular weight is 381 g/mol. The second-order valence-corrected chi connectivity index (χ2v) is 8.25. The van der Waals surface area contributed by atoms with Gasteiger partial charge in [-0.25, -0.2) is 4.98 Å². The van der Waals surface area contributed by atoms with Crippen LogP contribution in [0, 0.1) is 0 Å². The molecule has 0 unspecified atom stereocenters. The number of carbonyl (C=O) groups is 1. The van der Waals surface area contributed by atoms with Gasteiger partial charge in [-0.2, -0.15) is 11.8 Å². The molecule has 1 aliphatic rings. The number of thioether (sulfide) groups is 1. The molecule has 0 aromatic carbocycles. The van der Waals surface area contributed by atoms with Gasteiger partial charge in [-0.3, -0.25) is 9.59 Å². The molecule has 0 radical (unpaired) electrons. The maximum atomic E-state index is 12.4. The molecule has 8 heteroatoms. The Morgan fingerprint density at radius 2 is 2.24 bits per heavy atom. The van der Waals surface area contributed by atoms with Crippen LogP contribution in [0.1, 0.15) is 36.0 Å². The predicted molar refractivity (Wildman–Crippen MR) is 105 cm³/mol. The highest BCUT2D eigenvalue weighted by Crippen LogP contribution is 2.34. The number of H-pyrrole nitrogens is 1. The minimum Gasteiger partial charge on any atom is -0.355 e. The zero-order valence-electron chi connectivity index (χ0n) is 14.4. The first-order valence-electron chi connectivity index (χ1n) is 8.77. The van der Waals surface area contributed by atoms with Crippen LogP contribution < -0.4 is 16.2 Å². The molecule has 6 nitrogen and oxygen atoms in total. The number of aromatic nitrogens is 2. The summed E-state index contributed by atoms with van der Waals surface area (Å²) in [5, 5.41) is 6.85. The first-order valence-corrected chi connectivity index (χ1v) is 10.7. The van der Waals surface area contributed by atoms with E-state index in [0.29, 0.717) is 24.5 Å². The summed E-state index contributed by atoms with van der Waals surface area (Å²) in [6.45, 7) is 4.41. The molecule has 0 saturated heterocycles. The van der Waals surface area contributed by atoms with Crippen molar-refractivity contribution in [2.75, 3.05) is 25.4 Å². The summed E-state index contributed by atoms with van der Waals surface area (Å²) < 4.78 is 0. The molecule has 2 heterocycles. The number of thiophene rings is 1. The van der Waals surface area contributed by atoms with E-state index in [1.54, 1.807) is 23.1 Å². The lowest BCUT2D eigenvalue weighted by Gasteiger charge is -2.05. The van der Waals surface area contributed by atoms with Crippen molar-refractivity contribution in [3.8, 4) is 0 Å². The van der Waals surface area contributed by atoms with Crippen molar-refractivity contribution in [3.63, 3.8) is 0 Å². The molecule has 136 valence electrons. The van der Waals surface area contributed by atoms with Gasteiger partial charge >= 0.3 is 0 Å². The molecule has 3 rings (SSSR count). The highest BCUT2D eigenvalue weighted by Gasteiger charge is 2.20. The molecular weight excluding hydrogens is 356 g/mol. The van der Waals surface area contributed by atoms with Gasteiger partial charge in [0.25, 0.3) is 5.56 Å². The second kappa shape index (κ2) is 8.82. The number of nitrogens with one attached hydrogen (secondary N) is 3. The van der Waals surface area contributed by atoms with E-state index in [1.807, 2.05) is 6.92 Å². The van der Waals surface area contributed by atoms with E-state index in [1.165, 1.54) is 10.4 Å². The topological polar surface area (TPSA) is 86.9 Å². The number of nitrogens with zero attached hydrogens (tertiary/aromatic N) is 1. The fraction of sp³-hybridized carbons (Fsp3) is 0.588. The third-order valence-corrected chi connectivity index (χ3v) is 6.37. The van der Waals surface area contributed by atoms with E-state index < -0.39 is 0 Å². The quantitative estimate of drug-likeness (QED) is 0.578. The number of carbonyl (C=O) groups excluding carboxylic acids is 1. The lowest BCUT2D eigenvalue weighted by Crippen LogP contribution is -2.31. The summed E-state index contributed by atoms with van der Waals surface area (Å²) >= 11 is 3.28. The summed E-state index contributed by atoms with van der Waals surface area (Å²) in [4.78, 5) is 33.8. The molecular formula is C17H24N4O2S2. The third-order valence-electron chi connectivity index (χ3n) is 4.21. The van der Waals surface area contributed by atoms with Crippen LogP contribution in [-0.2, 0) is 23.4 Å². The number of fused-ring (bicyclic) bond motifs is 3. The number of aromatic amines is 1. The molecule has 0 spiro atoms. The number of aryl methyl sites for hydroxylation is 2. The fourth-order valence-corrected chi connectivity index (χ4v) is 5.09. The van der Waals surface area contributed by atoms with Gasteiger partial charge in [0.05, 0.1) is 11.1 Å². The molecule has 0 aliphatic heterocycles. The zero-order chi connectivity index (χ0) is 17.6. The van der Waals surface area contributed by atoms with Crippen molar-refractivity contribution >= 4 is 39.2 Å². The Bertz CT molecular complexity index is 800. The Morgan fingerprint density at radius 1 is 1.36 bits per heavy atom. The van der Waals surface area contributed by atoms with Gasteiger partial charge in [-0.1, -0.05) is 6.92 Å². The summed E-state index contributed by atoms with van der Waals surface area (Å²) in [7, 11) is 0. The fourth-order valence-electron chi connectivity index (χ4n) is 3.00. The van der Waals surface area contributed by atoms with E-state index >= 15 is 0 Å². The lowest BCUT2D eigenvalue weighted by molar-refractivity contribution is -0.120. The van der Waals surface area contributed by atoms with Crippen molar-refractivity contribution in [2.45, 2.75) is 38.4 Å². The van der Waals surface area contributed by atoms with E-state index in [0.717, 1.165) is 48.3 Å². The Kier molecular flexibility index (Phi) is 6.50. The van der Waals surface area contributed by atoms with Crippen LogP contribution in [0.4, 0.5) is 0 Å². The average Bonchev–Trinajstić information content (AvgIpc) is 3.16. The normalized spacial score (nSPS) is 13.3. The molecule has 3 N–H and O–H groups in total.